The average molecular weight is 198 g/mol. The number of hydrogen-bond donors (Lipinski definition) is 1. The Morgan fingerprint density at radius 1 is 1.18 bits per heavy atom. The summed E-state index contributed by atoms with van der Waals surface area (Å²) in [5.41, 5.74) is 0. The van der Waals surface area contributed by atoms with Gasteiger partial charge in [0.05, 0.1) is 0 Å². The molecule has 1 N–H and O–H groups in total. The maximum Gasteiger partial charge on any atom is 0.221 e. The molecule has 2 nitrogen and oxygen atoms in total. The summed E-state index contributed by atoms with van der Waals surface area (Å²) in [4.78, 5) is 0. The Morgan fingerprint density at radius 2 is 1.55 bits per heavy atom. The van der Waals surface area contributed by atoms with Crippen LogP contribution in [-0.4, -0.2) is 6.04 Å². The molecule has 11 heavy (non-hydrogen) atoms. The predicted octanol–water partition coefficient (Wildman–Crippen LogP) is 2.89. The van der Waals surface area contributed by atoms with Gasteiger partial charge in [-0.15, -0.1) is 0 Å². The quantitative estimate of drug-likeness (QED) is 0.703. The van der Waals surface area contributed by atoms with Gasteiger partial charge >= 0.3 is 0 Å². The monoisotopic (exact) mass is 197 g/mol. The molecule has 0 spiro atoms. The molecule has 0 rings (SSSR count). The minimum absolute atomic E-state index is 0.263. The van der Waals surface area contributed by atoms with Crippen molar-refractivity contribution in [1.29, 1.82) is 0 Å². The van der Waals surface area contributed by atoms with Gasteiger partial charge in [-0.2, -0.15) is 0 Å². The Labute approximate surface area is 74.3 Å². The van der Waals surface area contributed by atoms with E-state index >= 15 is 0 Å². The maximum atomic E-state index is 10.7. The van der Waals surface area contributed by atoms with E-state index in [9.17, 15) is 4.57 Å². The van der Waals surface area contributed by atoms with Crippen molar-refractivity contribution in [3.05, 3.63) is 0 Å². The lowest BCUT2D eigenvalue weighted by molar-refractivity contribution is 0.359. The fraction of sp³-hybridized carbons (Fsp3) is 1.00. The molecule has 1 unspecified atom stereocenters. The highest BCUT2D eigenvalue weighted by Crippen LogP contribution is 2.25. The first kappa shape index (κ1) is 11.5. The molecule has 0 aromatic rings. The third-order valence-corrected chi connectivity index (χ3v) is 2.60. The zero-order chi connectivity index (χ0) is 9.02. The second-order valence-corrected chi connectivity index (χ2v) is 5.30. The number of rotatable bonds is 4. The Hall–Kier alpha value is 0.480. The van der Waals surface area contributed by atoms with Crippen molar-refractivity contribution < 1.29 is 4.57 Å². The van der Waals surface area contributed by atoms with Crippen molar-refractivity contribution in [2.24, 2.45) is 11.8 Å². The third kappa shape index (κ3) is 4.84. The number of hydrogen-bond acceptors (Lipinski definition) is 1. The molecular formula is C7H17ClNOP. The predicted molar refractivity (Wildman–Crippen MR) is 51.5 cm³/mol. The first-order valence-electron chi connectivity index (χ1n) is 3.91. The summed E-state index contributed by atoms with van der Waals surface area (Å²) < 4.78 is 10.7. The average Bonchev–Trinajstić information content (AvgIpc) is 1.81. The maximum absolute atomic E-state index is 10.7. The van der Waals surface area contributed by atoms with Crippen molar-refractivity contribution in [2.45, 2.75) is 33.7 Å². The summed E-state index contributed by atoms with van der Waals surface area (Å²) in [5, 5.41) is 2.89. The minimum atomic E-state index is -2.05. The van der Waals surface area contributed by atoms with Crippen LogP contribution in [0.5, 0.6) is 0 Å². The Kier molecular flexibility index (Phi) is 5.41. The van der Waals surface area contributed by atoms with E-state index in [1.54, 1.807) is 0 Å². The molecule has 0 aliphatic heterocycles. The van der Waals surface area contributed by atoms with Crippen molar-refractivity contribution in [1.82, 2.24) is 5.09 Å². The number of halogens is 1. The molecule has 0 amide bonds. The molecule has 0 heterocycles. The summed E-state index contributed by atoms with van der Waals surface area (Å²) >= 11 is 5.40. The molecule has 0 aliphatic carbocycles. The van der Waals surface area contributed by atoms with E-state index in [2.05, 4.69) is 32.8 Å². The van der Waals surface area contributed by atoms with E-state index in [1.807, 2.05) is 0 Å². The van der Waals surface area contributed by atoms with Crippen molar-refractivity contribution in [2.75, 3.05) is 0 Å². The van der Waals surface area contributed by atoms with Gasteiger partial charge in [0, 0.05) is 6.04 Å². The Bertz CT molecular complexity index is 130. The van der Waals surface area contributed by atoms with E-state index < -0.39 is 7.30 Å². The smallest absolute Gasteiger partial charge is 0.221 e. The molecule has 0 radical (unpaired) electrons. The van der Waals surface area contributed by atoms with Gasteiger partial charge in [-0.25, -0.2) is 0 Å². The molecule has 1 atom stereocenters. The molecule has 0 bridgehead atoms. The molecule has 4 heteroatoms. The van der Waals surface area contributed by atoms with Crippen molar-refractivity contribution in [3.63, 3.8) is 0 Å². The van der Waals surface area contributed by atoms with Crippen LogP contribution >= 0.6 is 18.5 Å². The van der Waals surface area contributed by atoms with Gasteiger partial charge in [-0.3, -0.25) is 9.65 Å². The van der Waals surface area contributed by atoms with Crippen molar-refractivity contribution in [3.8, 4) is 0 Å². The summed E-state index contributed by atoms with van der Waals surface area (Å²) in [6, 6.07) is 0.263. The minimum Gasteiger partial charge on any atom is -0.293 e. The fourth-order valence-electron chi connectivity index (χ4n) is 1.23. The van der Waals surface area contributed by atoms with Crippen molar-refractivity contribution >= 4 is 18.5 Å². The zero-order valence-corrected chi connectivity index (χ0v) is 9.27. The van der Waals surface area contributed by atoms with E-state index in [4.69, 9.17) is 11.2 Å². The van der Waals surface area contributed by atoms with Crippen LogP contribution in [0.15, 0.2) is 0 Å². The topological polar surface area (TPSA) is 29.1 Å². The van der Waals surface area contributed by atoms with Gasteiger partial charge in [0.2, 0.25) is 7.30 Å². The lowest BCUT2D eigenvalue weighted by Gasteiger charge is -2.24. The molecule has 0 saturated carbocycles. The van der Waals surface area contributed by atoms with Crippen LogP contribution in [0.25, 0.3) is 0 Å². The molecule has 0 aromatic carbocycles. The summed E-state index contributed by atoms with van der Waals surface area (Å²) in [6.45, 7) is 8.39. The highest BCUT2D eigenvalue weighted by molar-refractivity contribution is 7.72. The van der Waals surface area contributed by atoms with Crippen LogP contribution in [0.1, 0.15) is 27.7 Å². The second-order valence-electron chi connectivity index (χ2n) is 3.43. The Balaban J connectivity index is 4.00. The largest absolute Gasteiger partial charge is 0.293 e. The lowest BCUT2D eigenvalue weighted by atomic mass is 9.94. The van der Waals surface area contributed by atoms with Gasteiger partial charge in [0.25, 0.3) is 0 Å². The molecule has 0 saturated heterocycles. The van der Waals surface area contributed by atoms with Gasteiger partial charge in [-0.05, 0) is 23.1 Å². The zero-order valence-electron chi connectivity index (χ0n) is 7.52. The van der Waals surface area contributed by atoms with Crippen LogP contribution in [0.2, 0.25) is 0 Å². The summed E-state index contributed by atoms with van der Waals surface area (Å²) in [6.07, 6.45) is 0. The van der Waals surface area contributed by atoms with Crippen LogP contribution in [0.3, 0.4) is 0 Å². The lowest BCUT2D eigenvalue weighted by Crippen LogP contribution is -2.33. The molecular weight excluding hydrogens is 181 g/mol. The molecule has 0 aromatic heterocycles. The summed E-state index contributed by atoms with van der Waals surface area (Å²) in [7, 11) is -2.05. The molecule has 0 aliphatic rings. The fourth-order valence-corrected chi connectivity index (χ4v) is 2.54. The Morgan fingerprint density at radius 3 is 1.64 bits per heavy atom. The van der Waals surface area contributed by atoms with E-state index in [-0.39, 0.29) is 6.04 Å². The second kappa shape index (κ2) is 5.18. The van der Waals surface area contributed by atoms with Gasteiger partial charge in [0.15, 0.2) is 0 Å². The standard InChI is InChI=1S/C7H17ClNOP/c1-5(2)7(6(3)4)9-11(8)10/h5-7,11H,1-4H3,(H,9,10). The first-order chi connectivity index (χ1) is 4.95. The molecule has 68 valence electrons. The van der Waals surface area contributed by atoms with Gasteiger partial charge < -0.3 is 0 Å². The normalized spacial score (nSPS) is 14.9. The first-order valence-corrected chi connectivity index (χ1v) is 6.33. The van der Waals surface area contributed by atoms with E-state index in [0.717, 1.165) is 0 Å². The van der Waals surface area contributed by atoms with Crippen LogP contribution in [-0.2, 0) is 4.57 Å². The highest BCUT2D eigenvalue weighted by Gasteiger charge is 2.17. The van der Waals surface area contributed by atoms with E-state index in [0.29, 0.717) is 11.8 Å². The van der Waals surface area contributed by atoms with Gasteiger partial charge in [0.1, 0.15) is 0 Å². The van der Waals surface area contributed by atoms with Crippen LogP contribution < -0.4 is 5.09 Å². The van der Waals surface area contributed by atoms with Crippen LogP contribution in [0, 0.1) is 11.8 Å². The van der Waals surface area contributed by atoms with Gasteiger partial charge in [-0.1, -0.05) is 27.7 Å². The number of nitrogens with one attached hydrogen (secondary N) is 1. The SMILES string of the molecule is CC(C)C(N[PH](=O)Cl)C(C)C. The van der Waals surface area contributed by atoms with E-state index in [1.165, 1.54) is 0 Å². The highest BCUT2D eigenvalue weighted by atomic mass is 35.7. The molecule has 0 fully saturated rings. The summed E-state index contributed by atoms with van der Waals surface area (Å²) in [5.74, 6) is 0.949. The third-order valence-electron chi connectivity index (χ3n) is 1.72. The van der Waals surface area contributed by atoms with Crippen LogP contribution in [0.4, 0.5) is 0 Å².